The maximum Gasteiger partial charge on any atom is 0.221 e. The van der Waals surface area contributed by atoms with E-state index < -0.39 is 0 Å². The van der Waals surface area contributed by atoms with Crippen LogP contribution in [0.25, 0.3) is 0 Å². The second kappa shape index (κ2) is 7.92. The van der Waals surface area contributed by atoms with Crippen LogP contribution >= 0.6 is 0 Å². The molecule has 0 aromatic heterocycles. The molecule has 0 aliphatic carbocycles. The molecule has 0 radical (unpaired) electrons. The lowest BCUT2D eigenvalue weighted by molar-refractivity contribution is -0.114. The summed E-state index contributed by atoms with van der Waals surface area (Å²) in [5, 5.41) is 15.3. The molecule has 19 heavy (non-hydrogen) atoms. The largest absolute Gasteiger partial charge is 0.396 e. The third-order valence-electron chi connectivity index (χ3n) is 3.16. The topological polar surface area (TPSA) is 61.4 Å². The Kier molecular flexibility index (Phi) is 6.53. The first-order chi connectivity index (χ1) is 9.06. The highest BCUT2D eigenvalue weighted by atomic mass is 16.3. The first kappa shape index (κ1) is 15.7. The van der Waals surface area contributed by atoms with Gasteiger partial charge in [0.15, 0.2) is 0 Å². The fourth-order valence-electron chi connectivity index (χ4n) is 2.10. The van der Waals surface area contributed by atoms with Gasteiger partial charge in [0, 0.05) is 31.3 Å². The van der Waals surface area contributed by atoms with Crippen LogP contribution in [0, 0.1) is 0 Å². The molecular weight excluding hydrogens is 240 g/mol. The fraction of sp³-hybridized carbons (Fsp3) is 0.533. The summed E-state index contributed by atoms with van der Waals surface area (Å²) < 4.78 is 0. The summed E-state index contributed by atoms with van der Waals surface area (Å²) >= 11 is 0. The van der Waals surface area contributed by atoms with Gasteiger partial charge in [-0.25, -0.2) is 0 Å². The molecule has 0 aliphatic heterocycles. The second-order valence-electron chi connectivity index (χ2n) is 4.81. The van der Waals surface area contributed by atoms with Gasteiger partial charge >= 0.3 is 0 Å². The van der Waals surface area contributed by atoms with E-state index in [0.717, 1.165) is 24.1 Å². The number of carbonyl (C=O) groups is 1. The van der Waals surface area contributed by atoms with E-state index in [2.05, 4.69) is 24.5 Å². The van der Waals surface area contributed by atoms with Crippen molar-refractivity contribution in [2.75, 3.05) is 11.9 Å². The number of anilines is 1. The summed E-state index contributed by atoms with van der Waals surface area (Å²) in [4.78, 5) is 11.0. The predicted octanol–water partition coefficient (Wildman–Crippen LogP) is 2.46. The van der Waals surface area contributed by atoms with Crippen molar-refractivity contribution >= 4 is 11.6 Å². The van der Waals surface area contributed by atoms with Crippen LogP contribution in [0.5, 0.6) is 0 Å². The van der Waals surface area contributed by atoms with E-state index in [1.54, 1.807) is 0 Å². The Bertz CT molecular complexity index is 407. The lowest BCUT2D eigenvalue weighted by Crippen LogP contribution is -2.31. The monoisotopic (exact) mass is 264 g/mol. The molecule has 2 unspecified atom stereocenters. The molecule has 1 aromatic rings. The molecule has 0 bridgehead atoms. The Balaban J connectivity index is 2.70. The molecule has 0 spiro atoms. The Morgan fingerprint density at radius 1 is 1.42 bits per heavy atom. The number of nitrogens with one attached hydrogen (secondary N) is 2. The number of aliphatic hydroxyl groups is 1. The zero-order valence-electron chi connectivity index (χ0n) is 11.9. The van der Waals surface area contributed by atoms with E-state index >= 15 is 0 Å². The number of benzene rings is 1. The standard InChI is InChI=1S/C15H24N2O2/c1-4-14(8-9-18)16-11(2)13-6-5-7-15(10-13)17-12(3)19/h5-7,10-11,14,16,18H,4,8-9H2,1-3H3,(H,17,19). The van der Waals surface area contributed by atoms with E-state index in [1.165, 1.54) is 6.92 Å². The maximum atomic E-state index is 11.0. The van der Waals surface area contributed by atoms with Crippen LogP contribution in [0.4, 0.5) is 5.69 Å². The first-order valence-corrected chi connectivity index (χ1v) is 6.81. The molecule has 0 saturated heterocycles. The number of rotatable bonds is 7. The van der Waals surface area contributed by atoms with Crippen LogP contribution in [-0.4, -0.2) is 23.7 Å². The van der Waals surface area contributed by atoms with Crippen LogP contribution < -0.4 is 10.6 Å². The Hall–Kier alpha value is -1.39. The molecule has 0 heterocycles. The molecule has 106 valence electrons. The molecule has 0 fully saturated rings. The Morgan fingerprint density at radius 3 is 2.74 bits per heavy atom. The van der Waals surface area contributed by atoms with Crippen molar-refractivity contribution in [3.05, 3.63) is 29.8 Å². The molecular formula is C15H24N2O2. The highest BCUT2D eigenvalue weighted by molar-refractivity contribution is 5.88. The number of aliphatic hydroxyl groups excluding tert-OH is 1. The summed E-state index contributed by atoms with van der Waals surface area (Å²) in [7, 11) is 0. The van der Waals surface area contributed by atoms with Gasteiger partial charge in [0.1, 0.15) is 0 Å². The highest BCUT2D eigenvalue weighted by Crippen LogP contribution is 2.18. The van der Waals surface area contributed by atoms with Crippen molar-refractivity contribution in [2.24, 2.45) is 0 Å². The number of hydrogen-bond donors (Lipinski definition) is 3. The van der Waals surface area contributed by atoms with Gasteiger partial charge in [-0.1, -0.05) is 19.1 Å². The van der Waals surface area contributed by atoms with Crippen LogP contribution in [0.2, 0.25) is 0 Å². The molecule has 3 N–H and O–H groups in total. The quantitative estimate of drug-likeness (QED) is 0.709. The summed E-state index contributed by atoms with van der Waals surface area (Å²) in [5.41, 5.74) is 1.94. The zero-order chi connectivity index (χ0) is 14.3. The number of hydrogen-bond acceptors (Lipinski definition) is 3. The molecule has 4 heteroatoms. The van der Waals surface area contributed by atoms with Crippen molar-refractivity contribution in [1.82, 2.24) is 5.32 Å². The van der Waals surface area contributed by atoms with Crippen molar-refractivity contribution in [3.63, 3.8) is 0 Å². The van der Waals surface area contributed by atoms with Gasteiger partial charge in [0.25, 0.3) is 0 Å². The maximum absolute atomic E-state index is 11.0. The van der Waals surface area contributed by atoms with Crippen LogP contribution in [-0.2, 0) is 4.79 Å². The van der Waals surface area contributed by atoms with Gasteiger partial charge in [0.2, 0.25) is 5.91 Å². The molecule has 0 saturated carbocycles. The van der Waals surface area contributed by atoms with E-state index in [1.807, 2.05) is 24.3 Å². The van der Waals surface area contributed by atoms with Crippen LogP contribution in [0.3, 0.4) is 0 Å². The minimum atomic E-state index is -0.0653. The summed E-state index contributed by atoms with van der Waals surface area (Å²) in [5.74, 6) is -0.0653. The Labute approximate surface area is 115 Å². The predicted molar refractivity (Wildman–Crippen MR) is 78.1 cm³/mol. The first-order valence-electron chi connectivity index (χ1n) is 6.81. The van der Waals surface area contributed by atoms with Gasteiger partial charge < -0.3 is 15.7 Å². The van der Waals surface area contributed by atoms with Gasteiger partial charge in [-0.05, 0) is 37.5 Å². The molecule has 2 atom stereocenters. The van der Waals surface area contributed by atoms with E-state index in [0.29, 0.717) is 6.04 Å². The van der Waals surface area contributed by atoms with Crippen molar-refractivity contribution in [2.45, 2.75) is 45.7 Å². The molecule has 1 amide bonds. The van der Waals surface area contributed by atoms with Crippen LogP contribution in [0.15, 0.2) is 24.3 Å². The SMILES string of the molecule is CCC(CCO)NC(C)c1cccc(NC(C)=O)c1. The number of amides is 1. The molecule has 4 nitrogen and oxygen atoms in total. The third-order valence-corrected chi connectivity index (χ3v) is 3.16. The third kappa shape index (κ3) is 5.41. The Morgan fingerprint density at radius 2 is 2.16 bits per heavy atom. The zero-order valence-corrected chi connectivity index (χ0v) is 11.9. The van der Waals surface area contributed by atoms with Crippen molar-refractivity contribution in [3.8, 4) is 0 Å². The van der Waals surface area contributed by atoms with Crippen molar-refractivity contribution < 1.29 is 9.90 Å². The average Bonchev–Trinajstić information content (AvgIpc) is 2.37. The second-order valence-corrected chi connectivity index (χ2v) is 4.81. The van der Waals surface area contributed by atoms with E-state index in [9.17, 15) is 4.79 Å². The summed E-state index contributed by atoms with van der Waals surface area (Å²) in [6, 6.07) is 8.32. The van der Waals surface area contributed by atoms with Crippen molar-refractivity contribution in [1.29, 1.82) is 0 Å². The highest BCUT2D eigenvalue weighted by Gasteiger charge is 2.11. The minimum absolute atomic E-state index is 0.0653. The average molecular weight is 264 g/mol. The molecule has 0 aliphatic rings. The minimum Gasteiger partial charge on any atom is -0.396 e. The van der Waals surface area contributed by atoms with Gasteiger partial charge in [-0.2, -0.15) is 0 Å². The molecule has 1 aromatic carbocycles. The fourth-order valence-corrected chi connectivity index (χ4v) is 2.10. The van der Waals surface area contributed by atoms with E-state index in [4.69, 9.17) is 5.11 Å². The van der Waals surface area contributed by atoms with Gasteiger partial charge in [-0.15, -0.1) is 0 Å². The smallest absolute Gasteiger partial charge is 0.221 e. The lowest BCUT2D eigenvalue weighted by Gasteiger charge is -2.22. The summed E-state index contributed by atoms with van der Waals surface area (Å²) in [6.45, 7) is 5.90. The lowest BCUT2D eigenvalue weighted by atomic mass is 10.0. The van der Waals surface area contributed by atoms with Gasteiger partial charge in [-0.3, -0.25) is 4.79 Å². The molecule has 1 rings (SSSR count). The van der Waals surface area contributed by atoms with E-state index in [-0.39, 0.29) is 18.6 Å². The van der Waals surface area contributed by atoms with Crippen LogP contribution in [0.1, 0.15) is 45.2 Å². The normalized spacial score (nSPS) is 13.9. The van der Waals surface area contributed by atoms with Gasteiger partial charge in [0.05, 0.1) is 0 Å². The number of carbonyl (C=O) groups excluding carboxylic acids is 1. The summed E-state index contributed by atoms with van der Waals surface area (Å²) in [6.07, 6.45) is 1.74.